The van der Waals surface area contributed by atoms with E-state index >= 15 is 0 Å². The van der Waals surface area contributed by atoms with Gasteiger partial charge in [0.25, 0.3) is 0 Å². The lowest BCUT2D eigenvalue weighted by Crippen LogP contribution is -2.24. The fourth-order valence-corrected chi connectivity index (χ4v) is 1.82. The van der Waals surface area contributed by atoms with Crippen LogP contribution in [0.2, 0.25) is 5.02 Å². The minimum atomic E-state index is -0.101. The van der Waals surface area contributed by atoms with Crippen LogP contribution in [0.4, 0.5) is 0 Å². The zero-order valence-corrected chi connectivity index (χ0v) is 11.3. The third kappa shape index (κ3) is 3.73. The summed E-state index contributed by atoms with van der Waals surface area (Å²) in [5, 5.41) is 0.664. The van der Waals surface area contributed by atoms with Gasteiger partial charge in [-0.25, -0.2) is 0 Å². The molecule has 0 radical (unpaired) electrons. The van der Waals surface area contributed by atoms with Crippen molar-refractivity contribution in [3.63, 3.8) is 0 Å². The molecular weight excluding hydrogens is 262 g/mol. The van der Waals surface area contributed by atoms with E-state index in [4.69, 9.17) is 16.0 Å². The summed E-state index contributed by atoms with van der Waals surface area (Å²) < 4.78 is 5.12. The number of nitrogens with zero attached hydrogens (tertiary/aromatic N) is 1. The lowest BCUT2D eigenvalue weighted by Gasteiger charge is -2.15. The zero-order valence-electron chi connectivity index (χ0n) is 10.5. The first kappa shape index (κ1) is 13.4. The van der Waals surface area contributed by atoms with Gasteiger partial charge in [-0.15, -0.1) is 0 Å². The summed E-state index contributed by atoms with van der Waals surface area (Å²) in [4.78, 5) is 13.5. The van der Waals surface area contributed by atoms with Crippen LogP contribution < -0.4 is 0 Å². The van der Waals surface area contributed by atoms with E-state index in [1.54, 1.807) is 36.4 Å². The van der Waals surface area contributed by atoms with Gasteiger partial charge in [0.2, 0.25) is 5.91 Å². The van der Waals surface area contributed by atoms with E-state index in [1.165, 1.54) is 6.08 Å². The molecule has 98 valence electrons. The number of hydrogen-bond donors (Lipinski definition) is 0. The number of furan rings is 1. The van der Waals surface area contributed by atoms with Crippen molar-refractivity contribution in [3.8, 4) is 0 Å². The molecule has 2 rings (SSSR count). The van der Waals surface area contributed by atoms with Crippen LogP contribution in [0.3, 0.4) is 0 Å². The van der Waals surface area contributed by atoms with Crippen LogP contribution in [-0.4, -0.2) is 17.9 Å². The Balaban J connectivity index is 1.98. The van der Waals surface area contributed by atoms with Gasteiger partial charge in [-0.05, 0) is 29.8 Å². The van der Waals surface area contributed by atoms with Gasteiger partial charge in [-0.1, -0.05) is 29.8 Å². The smallest absolute Gasteiger partial charge is 0.246 e. The second kappa shape index (κ2) is 6.25. The average molecular weight is 276 g/mol. The Morgan fingerprint density at radius 2 is 2.11 bits per heavy atom. The van der Waals surface area contributed by atoms with Crippen molar-refractivity contribution >= 4 is 23.6 Å². The van der Waals surface area contributed by atoms with Crippen molar-refractivity contribution in [1.29, 1.82) is 0 Å². The third-order valence-corrected chi connectivity index (χ3v) is 3.04. The van der Waals surface area contributed by atoms with Gasteiger partial charge >= 0.3 is 0 Å². The van der Waals surface area contributed by atoms with Crippen molar-refractivity contribution in [1.82, 2.24) is 4.90 Å². The molecule has 1 aromatic heterocycles. The Labute approximate surface area is 117 Å². The predicted molar refractivity (Wildman–Crippen MR) is 75.7 cm³/mol. The number of halogens is 1. The minimum absolute atomic E-state index is 0.101. The molecule has 1 amide bonds. The van der Waals surface area contributed by atoms with Gasteiger partial charge in [-0.2, -0.15) is 0 Å². The average Bonchev–Trinajstić information content (AvgIpc) is 2.91. The molecule has 2 aromatic rings. The molecule has 3 nitrogen and oxygen atoms in total. The summed E-state index contributed by atoms with van der Waals surface area (Å²) in [5.41, 5.74) is 0.923. The molecule has 0 spiro atoms. The molecular formula is C15H14ClNO2. The van der Waals surface area contributed by atoms with E-state index in [0.29, 0.717) is 17.3 Å². The molecule has 0 atom stereocenters. The highest BCUT2D eigenvalue weighted by Crippen LogP contribution is 2.16. The van der Waals surface area contributed by atoms with E-state index < -0.39 is 0 Å². The number of carbonyl (C=O) groups excluding carboxylic acids is 1. The number of hydrogen-bond acceptors (Lipinski definition) is 2. The van der Waals surface area contributed by atoms with E-state index in [9.17, 15) is 4.79 Å². The van der Waals surface area contributed by atoms with Gasteiger partial charge in [-0.3, -0.25) is 4.79 Å². The highest BCUT2D eigenvalue weighted by Gasteiger charge is 2.08. The second-order valence-corrected chi connectivity index (χ2v) is 4.54. The molecule has 0 aliphatic heterocycles. The SMILES string of the molecule is CN(Cc1ccccc1Cl)C(=O)C=Cc1ccco1. The lowest BCUT2D eigenvalue weighted by atomic mass is 10.2. The summed E-state index contributed by atoms with van der Waals surface area (Å²) in [7, 11) is 1.73. The lowest BCUT2D eigenvalue weighted by molar-refractivity contribution is -0.125. The first-order valence-electron chi connectivity index (χ1n) is 5.87. The summed E-state index contributed by atoms with van der Waals surface area (Å²) in [6, 6.07) is 11.0. The monoisotopic (exact) mass is 275 g/mol. The maximum absolute atomic E-state index is 11.9. The third-order valence-electron chi connectivity index (χ3n) is 2.67. The largest absolute Gasteiger partial charge is 0.465 e. The fourth-order valence-electron chi connectivity index (χ4n) is 1.63. The highest BCUT2D eigenvalue weighted by molar-refractivity contribution is 6.31. The second-order valence-electron chi connectivity index (χ2n) is 4.13. The minimum Gasteiger partial charge on any atom is -0.465 e. The van der Waals surface area contributed by atoms with E-state index in [-0.39, 0.29) is 5.91 Å². The van der Waals surface area contributed by atoms with Gasteiger partial charge in [0, 0.05) is 24.7 Å². The first-order chi connectivity index (χ1) is 9.16. The summed E-state index contributed by atoms with van der Waals surface area (Å²) in [6.07, 6.45) is 4.69. The normalized spacial score (nSPS) is 10.8. The van der Waals surface area contributed by atoms with Crippen molar-refractivity contribution < 1.29 is 9.21 Å². The summed E-state index contributed by atoms with van der Waals surface area (Å²) >= 11 is 6.06. The Morgan fingerprint density at radius 3 is 2.79 bits per heavy atom. The molecule has 19 heavy (non-hydrogen) atoms. The van der Waals surface area contributed by atoms with Crippen molar-refractivity contribution in [2.24, 2.45) is 0 Å². The summed E-state index contributed by atoms with van der Waals surface area (Å²) in [6.45, 7) is 0.473. The molecule has 0 saturated heterocycles. The zero-order chi connectivity index (χ0) is 13.7. The van der Waals surface area contributed by atoms with Gasteiger partial charge in [0.05, 0.1) is 6.26 Å². The molecule has 0 fully saturated rings. The Bertz CT molecular complexity index is 576. The van der Waals surface area contributed by atoms with E-state index in [2.05, 4.69) is 0 Å². The van der Waals surface area contributed by atoms with Crippen molar-refractivity contribution in [3.05, 3.63) is 65.1 Å². The molecule has 0 aliphatic rings. The van der Waals surface area contributed by atoms with Gasteiger partial charge in [0.1, 0.15) is 5.76 Å². The topological polar surface area (TPSA) is 33.5 Å². The van der Waals surface area contributed by atoms with E-state index in [0.717, 1.165) is 5.56 Å². The molecule has 0 unspecified atom stereocenters. The number of benzene rings is 1. The number of amides is 1. The van der Waals surface area contributed by atoms with Crippen LogP contribution in [0, 0.1) is 0 Å². The van der Waals surface area contributed by atoms with E-state index in [1.807, 2.05) is 24.3 Å². The maximum atomic E-state index is 11.9. The maximum Gasteiger partial charge on any atom is 0.246 e. The quantitative estimate of drug-likeness (QED) is 0.799. The van der Waals surface area contributed by atoms with Crippen LogP contribution >= 0.6 is 11.6 Å². The molecule has 1 aromatic carbocycles. The van der Waals surface area contributed by atoms with Crippen LogP contribution in [-0.2, 0) is 11.3 Å². The van der Waals surface area contributed by atoms with Crippen LogP contribution in [0.15, 0.2) is 53.2 Å². The molecule has 0 saturated carbocycles. The van der Waals surface area contributed by atoms with Crippen LogP contribution in [0.5, 0.6) is 0 Å². The molecule has 4 heteroatoms. The van der Waals surface area contributed by atoms with Crippen molar-refractivity contribution in [2.45, 2.75) is 6.54 Å². The number of likely N-dealkylation sites (N-methyl/N-ethyl adjacent to an activating group) is 1. The van der Waals surface area contributed by atoms with Crippen LogP contribution in [0.25, 0.3) is 6.08 Å². The highest BCUT2D eigenvalue weighted by atomic mass is 35.5. The predicted octanol–water partition coefficient (Wildman–Crippen LogP) is 3.60. The van der Waals surface area contributed by atoms with Crippen molar-refractivity contribution in [2.75, 3.05) is 7.05 Å². The molecule has 0 N–H and O–H groups in total. The molecule has 1 heterocycles. The first-order valence-corrected chi connectivity index (χ1v) is 6.24. The Hall–Kier alpha value is -2.00. The number of rotatable bonds is 4. The standard InChI is InChI=1S/C15H14ClNO2/c1-17(11-12-5-2-3-7-14(12)16)15(18)9-8-13-6-4-10-19-13/h2-10H,11H2,1H3. The van der Waals surface area contributed by atoms with Crippen LogP contribution in [0.1, 0.15) is 11.3 Å². The fraction of sp³-hybridized carbons (Fsp3) is 0.133. The van der Waals surface area contributed by atoms with Gasteiger partial charge in [0.15, 0.2) is 0 Å². The molecule has 0 aliphatic carbocycles. The summed E-state index contributed by atoms with van der Waals surface area (Å²) in [5.74, 6) is 0.552. The number of carbonyl (C=O) groups is 1. The molecule has 0 bridgehead atoms. The van der Waals surface area contributed by atoms with Gasteiger partial charge < -0.3 is 9.32 Å². The Kier molecular flexibility index (Phi) is 4.42. The Morgan fingerprint density at radius 1 is 1.32 bits per heavy atom.